The van der Waals surface area contributed by atoms with Crippen molar-refractivity contribution in [1.82, 2.24) is 4.90 Å². The van der Waals surface area contributed by atoms with E-state index in [1.54, 1.807) is 12.2 Å². The van der Waals surface area contributed by atoms with Crippen molar-refractivity contribution >= 4 is 5.91 Å². The molecule has 0 aliphatic carbocycles. The Bertz CT molecular complexity index is 384. The van der Waals surface area contributed by atoms with E-state index in [1.807, 2.05) is 6.92 Å². The summed E-state index contributed by atoms with van der Waals surface area (Å²) < 4.78 is 32.8. The lowest BCUT2D eigenvalue weighted by Gasteiger charge is -2.21. The number of methoxy groups -OCH3 is 1. The highest BCUT2D eigenvalue weighted by Crippen LogP contribution is 2.30. The fraction of sp³-hybridized carbons (Fsp3) is 0.688. The molecule has 0 saturated carbocycles. The van der Waals surface area contributed by atoms with Gasteiger partial charge in [-0.2, -0.15) is 0 Å². The van der Waals surface area contributed by atoms with Gasteiger partial charge in [-0.1, -0.05) is 19.6 Å². The average Bonchev–Trinajstić information content (AvgIpc) is 2.48. The van der Waals surface area contributed by atoms with Crippen molar-refractivity contribution in [1.29, 1.82) is 0 Å². The van der Waals surface area contributed by atoms with Gasteiger partial charge in [0.2, 0.25) is 11.8 Å². The number of nitrogens with zero attached hydrogens (tertiary/aromatic N) is 1. The van der Waals surface area contributed by atoms with Crippen LogP contribution in [-0.2, 0) is 9.53 Å². The predicted octanol–water partition coefficient (Wildman–Crippen LogP) is 2.99. The summed E-state index contributed by atoms with van der Waals surface area (Å²) in [4.78, 5) is 12.9. The van der Waals surface area contributed by atoms with Crippen LogP contribution in [0, 0.1) is 5.92 Å². The molecule has 0 aromatic rings. The summed E-state index contributed by atoms with van der Waals surface area (Å²) in [5.74, 6) is -2.80. The van der Waals surface area contributed by atoms with E-state index in [4.69, 9.17) is 9.84 Å². The lowest BCUT2D eigenvalue weighted by atomic mass is 9.97. The highest BCUT2D eigenvalue weighted by molar-refractivity contribution is 5.75. The molecule has 1 amide bonds. The van der Waals surface area contributed by atoms with Gasteiger partial charge in [-0.3, -0.25) is 4.79 Å². The number of aliphatic hydroxyl groups excluding tert-OH is 1. The number of hydrogen-bond donors (Lipinski definition) is 1. The van der Waals surface area contributed by atoms with Gasteiger partial charge in [-0.25, -0.2) is 8.78 Å². The third kappa shape index (κ3) is 8.12. The lowest BCUT2D eigenvalue weighted by Crippen LogP contribution is -2.31. The molecule has 0 aliphatic rings. The summed E-state index contributed by atoms with van der Waals surface area (Å²) >= 11 is 0. The maximum atomic E-state index is 13.8. The monoisotopic (exact) mass is 319 g/mol. The van der Waals surface area contributed by atoms with Crippen molar-refractivity contribution in [2.45, 2.75) is 38.5 Å². The van der Waals surface area contributed by atoms with Crippen molar-refractivity contribution < 1.29 is 23.4 Å². The number of likely N-dealkylation sites (N-methyl/N-ethyl adjacent to an activating group) is 1. The molecule has 0 fully saturated rings. The van der Waals surface area contributed by atoms with Gasteiger partial charge in [-0.15, -0.1) is 0 Å². The first-order valence-corrected chi connectivity index (χ1v) is 7.36. The molecule has 0 heterocycles. The Kier molecular flexibility index (Phi) is 9.65. The second-order valence-corrected chi connectivity index (χ2v) is 5.34. The van der Waals surface area contributed by atoms with Crippen LogP contribution in [0.3, 0.4) is 0 Å². The number of aliphatic hydroxyl groups is 1. The Morgan fingerprint density at radius 1 is 1.45 bits per heavy atom. The van der Waals surface area contributed by atoms with Crippen LogP contribution in [0.15, 0.2) is 24.5 Å². The molecule has 1 N–H and O–H groups in total. The van der Waals surface area contributed by atoms with E-state index >= 15 is 0 Å². The van der Waals surface area contributed by atoms with Crippen LogP contribution in [0.25, 0.3) is 0 Å². The van der Waals surface area contributed by atoms with E-state index in [2.05, 4.69) is 6.58 Å². The number of hydrogen-bond acceptors (Lipinski definition) is 3. The number of halogens is 2. The first-order chi connectivity index (χ1) is 10.3. The number of ether oxygens (including phenoxy) is 1. The zero-order valence-corrected chi connectivity index (χ0v) is 13.6. The maximum Gasteiger partial charge on any atom is 0.248 e. The highest BCUT2D eigenvalue weighted by Gasteiger charge is 2.30. The minimum absolute atomic E-state index is 0.137. The molecule has 0 saturated heterocycles. The van der Waals surface area contributed by atoms with Gasteiger partial charge >= 0.3 is 0 Å². The number of amides is 1. The molecule has 0 rings (SSSR count). The van der Waals surface area contributed by atoms with Gasteiger partial charge in [-0.05, 0) is 12.5 Å². The molecule has 4 nitrogen and oxygen atoms in total. The molecular weight excluding hydrogens is 292 g/mol. The molecule has 1 atom stereocenters. The number of carbonyl (C=O) groups excluding carboxylic acids is 1. The minimum Gasteiger partial charge on any atom is -0.501 e. The van der Waals surface area contributed by atoms with Crippen LogP contribution < -0.4 is 0 Å². The van der Waals surface area contributed by atoms with Gasteiger partial charge in [0, 0.05) is 38.8 Å². The van der Waals surface area contributed by atoms with E-state index in [9.17, 15) is 13.6 Å². The third-order valence-electron chi connectivity index (χ3n) is 3.51. The largest absolute Gasteiger partial charge is 0.501 e. The molecule has 128 valence electrons. The summed E-state index contributed by atoms with van der Waals surface area (Å²) in [5, 5.41) is 8.71. The van der Waals surface area contributed by atoms with E-state index in [-0.39, 0.29) is 44.2 Å². The van der Waals surface area contributed by atoms with Gasteiger partial charge in [0.15, 0.2) is 0 Å². The lowest BCUT2D eigenvalue weighted by molar-refractivity contribution is -0.132. The van der Waals surface area contributed by atoms with Crippen LogP contribution >= 0.6 is 0 Å². The smallest absolute Gasteiger partial charge is 0.248 e. The number of alkyl halides is 2. The summed E-state index contributed by atoms with van der Waals surface area (Å²) in [6, 6.07) is 0. The first-order valence-electron chi connectivity index (χ1n) is 7.36. The van der Waals surface area contributed by atoms with E-state index < -0.39 is 12.3 Å². The van der Waals surface area contributed by atoms with Crippen molar-refractivity contribution in [2.24, 2.45) is 5.92 Å². The van der Waals surface area contributed by atoms with Crippen LogP contribution in [-0.4, -0.2) is 49.1 Å². The fourth-order valence-electron chi connectivity index (χ4n) is 2.00. The van der Waals surface area contributed by atoms with E-state index in [0.29, 0.717) is 5.76 Å². The minimum atomic E-state index is -2.89. The van der Waals surface area contributed by atoms with Crippen LogP contribution in [0.2, 0.25) is 0 Å². The molecule has 1 unspecified atom stereocenters. The number of rotatable bonds is 11. The quantitative estimate of drug-likeness (QED) is 0.470. The van der Waals surface area contributed by atoms with E-state index in [0.717, 1.165) is 0 Å². The average molecular weight is 319 g/mol. The summed E-state index contributed by atoms with van der Waals surface area (Å²) in [6.45, 7) is 5.35. The molecule has 22 heavy (non-hydrogen) atoms. The zero-order valence-electron chi connectivity index (χ0n) is 13.6. The van der Waals surface area contributed by atoms with Crippen molar-refractivity contribution in [2.75, 3.05) is 27.3 Å². The maximum absolute atomic E-state index is 13.8. The number of carbonyl (C=O) groups is 1. The van der Waals surface area contributed by atoms with Crippen molar-refractivity contribution in [3.8, 4) is 0 Å². The summed E-state index contributed by atoms with van der Waals surface area (Å²) in [6.07, 6.45) is 2.48. The zero-order chi connectivity index (χ0) is 17.2. The van der Waals surface area contributed by atoms with Crippen molar-refractivity contribution in [3.63, 3.8) is 0 Å². The van der Waals surface area contributed by atoms with Gasteiger partial charge in [0.25, 0.3) is 0 Å². The SMILES string of the molecule is C=C/C=C(/OC)C(C)CCC(F)(F)CCC(=O)N(C)CCO. The molecular formula is C16H27F2NO3. The van der Waals surface area contributed by atoms with Crippen molar-refractivity contribution in [3.05, 3.63) is 24.5 Å². The Morgan fingerprint density at radius 3 is 2.59 bits per heavy atom. The molecule has 0 aromatic heterocycles. The molecule has 0 radical (unpaired) electrons. The Hall–Kier alpha value is -1.43. The second kappa shape index (κ2) is 10.3. The molecule has 0 spiro atoms. The molecule has 0 aromatic carbocycles. The van der Waals surface area contributed by atoms with Gasteiger partial charge in [0.1, 0.15) is 0 Å². The topological polar surface area (TPSA) is 49.8 Å². The van der Waals surface area contributed by atoms with Crippen LogP contribution in [0.4, 0.5) is 8.78 Å². The Balaban J connectivity index is 4.32. The molecule has 0 bridgehead atoms. The van der Waals surface area contributed by atoms with Gasteiger partial charge < -0.3 is 14.7 Å². The second-order valence-electron chi connectivity index (χ2n) is 5.34. The van der Waals surface area contributed by atoms with Crippen LogP contribution in [0.5, 0.6) is 0 Å². The first kappa shape index (κ1) is 20.6. The van der Waals surface area contributed by atoms with E-state index in [1.165, 1.54) is 19.1 Å². The van der Waals surface area contributed by atoms with Crippen LogP contribution in [0.1, 0.15) is 32.6 Å². The summed E-state index contributed by atoms with van der Waals surface area (Å²) in [7, 11) is 2.99. The Labute approximate surface area is 131 Å². The standard InChI is InChI=1S/C16H27F2NO3/c1-5-6-14(22-4)13(2)7-9-16(17,18)10-8-15(21)19(3)11-12-20/h5-6,13,20H,1,7-12H2,2-4H3/b14-6+. The molecule has 6 heteroatoms. The number of allylic oxidation sites excluding steroid dienone is 3. The fourth-order valence-corrected chi connectivity index (χ4v) is 2.00. The summed E-state index contributed by atoms with van der Waals surface area (Å²) in [5.41, 5.74) is 0. The Morgan fingerprint density at radius 2 is 2.09 bits per heavy atom. The normalized spacial score (nSPS) is 13.6. The predicted molar refractivity (Wildman–Crippen MR) is 82.6 cm³/mol. The molecule has 0 aliphatic heterocycles. The third-order valence-corrected chi connectivity index (χ3v) is 3.51. The highest BCUT2D eigenvalue weighted by atomic mass is 19.3. The van der Waals surface area contributed by atoms with Gasteiger partial charge in [0.05, 0.1) is 19.5 Å².